The van der Waals surface area contributed by atoms with Gasteiger partial charge in [-0.2, -0.15) is 0 Å². The summed E-state index contributed by atoms with van der Waals surface area (Å²) in [5.74, 6) is -0.0388. The van der Waals surface area contributed by atoms with E-state index in [0.717, 1.165) is 5.56 Å². The van der Waals surface area contributed by atoms with Gasteiger partial charge in [0.15, 0.2) is 0 Å². The molecule has 154 valence electrons. The van der Waals surface area contributed by atoms with Crippen LogP contribution in [0.25, 0.3) is 0 Å². The quantitative estimate of drug-likeness (QED) is 0.283. The van der Waals surface area contributed by atoms with E-state index in [9.17, 15) is 14.9 Å². The minimum Gasteiger partial charge on any atom is -0.495 e. The number of hydrogen-bond acceptors (Lipinski definition) is 5. The molecule has 0 atom stereocenters. The third kappa shape index (κ3) is 4.80. The number of carbonyl (C=O) groups is 1. The smallest absolute Gasteiger partial charge is 0.285 e. The number of nitro benzene ring substituents is 1. The van der Waals surface area contributed by atoms with Gasteiger partial charge in [-0.05, 0) is 36.4 Å². The van der Waals surface area contributed by atoms with Crippen molar-refractivity contribution < 1.29 is 14.5 Å². The lowest BCUT2D eigenvalue weighted by molar-refractivity contribution is -0.385. The number of nitrogens with zero attached hydrogens (tertiary/aromatic N) is 2. The summed E-state index contributed by atoms with van der Waals surface area (Å²) in [5.41, 5.74) is 1.55. The van der Waals surface area contributed by atoms with Gasteiger partial charge < -0.3 is 9.64 Å². The Labute approximate surface area is 179 Å². The number of hydrogen-bond donors (Lipinski definition) is 0. The number of benzene rings is 3. The summed E-state index contributed by atoms with van der Waals surface area (Å²) in [7, 11) is 1.45. The van der Waals surface area contributed by atoms with E-state index in [1.54, 1.807) is 11.0 Å². The highest BCUT2D eigenvalue weighted by molar-refractivity contribution is 7.98. The maximum absolute atomic E-state index is 13.5. The van der Waals surface area contributed by atoms with Crippen molar-refractivity contribution in [2.75, 3.05) is 24.8 Å². The Balaban J connectivity index is 2.03. The number of nitro groups is 1. The van der Waals surface area contributed by atoms with E-state index in [-0.39, 0.29) is 11.3 Å². The van der Waals surface area contributed by atoms with Crippen LogP contribution in [-0.2, 0) is 6.42 Å². The lowest BCUT2D eigenvalue weighted by atomic mass is 10.1. The molecule has 3 aromatic rings. The molecule has 0 aliphatic carbocycles. The molecule has 0 heterocycles. The molecule has 3 aromatic carbocycles. The van der Waals surface area contributed by atoms with Crippen LogP contribution in [0.5, 0.6) is 5.75 Å². The van der Waals surface area contributed by atoms with Gasteiger partial charge in [-0.15, -0.1) is 11.8 Å². The van der Waals surface area contributed by atoms with Crippen molar-refractivity contribution in [3.63, 3.8) is 0 Å². The Kier molecular flexibility index (Phi) is 7.08. The first kappa shape index (κ1) is 21.4. The fourth-order valence-corrected chi connectivity index (χ4v) is 3.76. The first-order valence-corrected chi connectivity index (χ1v) is 10.6. The maximum Gasteiger partial charge on any atom is 0.285 e. The van der Waals surface area contributed by atoms with Crippen LogP contribution in [0.3, 0.4) is 0 Å². The van der Waals surface area contributed by atoms with Crippen molar-refractivity contribution in [3.05, 3.63) is 94.0 Å². The highest BCUT2D eigenvalue weighted by Gasteiger charge is 2.28. The zero-order valence-electron chi connectivity index (χ0n) is 16.8. The van der Waals surface area contributed by atoms with E-state index in [1.165, 1.54) is 24.9 Å². The van der Waals surface area contributed by atoms with E-state index in [2.05, 4.69) is 0 Å². The van der Waals surface area contributed by atoms with Crippen LogP contribution in [0.15, 0.2) is 77.7 Å². The minimum absolute atomic E-state index is 0.0436. The molecule has 0 saturated carbocycles. The second kappa shape index (κ2) is 9.93. The second-order valence-electron chi connectivity index (χ2n) is 6.51. The van der Waals surface area contributed by atoms with E-state index in [0.29, 0.717) is 29.3 Å². The summed E-state index contributed by atoms with van der Waals surface area (Å²) in [4.78, 5) is 27.0. The van der Waals surface area contributed by atoms with Crippen molar-refractivity contribution in [3.8, 4) is 5.75 Å². The largest absolute Gasteiger partial charge is 0.495 e. The van der Waals surface area contributed by atoms with Gasteiger partial charge in [0.05, 0.1) is 23.0 Å². The number of thioether (sulfide) groups is 1. The molecule has 0 N–H and O–H groups in total. The Hall–Kier alpha value is -3.32. The monoisotopic (exact) mass is 422 g/mol. The highest BCUT2D eigenvalue weighted by Crippen LogP contribution is 2.35. The average Bonchev–Trinajstić information content (AvgIpc) is 2.79. The molecule has 0 aliphatic rings. The minimum atomic E-state index is -0.541. The van der Waals surface area contributed by atoms with Crippen LogP contribution < -0.4 is 9.64 Å². The van der Waals surface area contributed by atoms with Crippen LogP contribution in [0, 0.1) is 10.1 Å². The molecule has 0 fully saturated rings. The van der Waals surface area contributed by atoms with Gasteiger partial charge in [0, 0.05) is 12.2 Å². The van der Waals surface area contributed by atoms with Crippen LogP contribution in [0.1, 0.15) is 15.9 Å². The summed E-state index contributed by atoms with van der Waals surface area (Å²) in [6.07, 6.45) is 2.46. The molecule has 0 aromatic heterocycles. The van der Waals surface area contributed by atoms with Gasteiger partial charge >= 0.3 is 0 Å². The predicted octanol–water partition coefficient (Wildman–Crippen LogP) is 5.21. The lowest BCUT2D eigenvalue weighted by Crippen LogP contribution is -2.33. The number of methoxy groups -OCH3 is 1. The molecule has 0 radical (unpaired) electrons. The molecule has 0 aliphatic heterocycles. The average molecular weight is 423 g/mol. The second-order valence-corrected chi connectivity index (χ2v) is 7.36. The summed E-state index contributed by atoms with van der Waals surface area (Å²) in [5, 5.41) is 11.7. The molecule has 3 rings (SSSR count). The fraction of sp³-hybridized carbons (Fsp3) is 0.174. The number of ether oxygens (including phenoxy) is 1. The number of carbonyl (C=O) groups excluding carboxylic acids is 1. The lowest BCUT2D eigenvalue weighted by Gasteiger charge is -2.23. The first-order valence-electron chi connectivity index (χ1n) is 9.36. The number of para-hydroxylation sites is 1. The van der Waals surface area contributed by atoms with E-state index in [4.69, 9.17) is 4.74 Å². The Morgan fingerprint density at radius 1 is 1.07 bits per heavy atom. The van der Waals surface area contributed by atoms with E-state index in [1.807, 2.05) is 66.9 Å². The Morgan fingerprint density at radius 2 is 1.70 bits per heavy atom. The molecule has 7 heteroatoms. The van der Waals surface area contributed by atoms with Gasteiger partial charge in [0.25, 0.3) is 11.6 Å². The normalized spacial score (nSPS) is 10.5. The topological polar surface area (TPSA) is 72.7 Å². The van der Waals surface area contributed by atoms with Crippen molar-refractivity contribution in [1.29, 1.82) is 0 Å². The maximum atomic E-state index is 13.5. The van der Waals surface area contributed by atoms with Gasteiger partial charge in [-0.3, -0.25) is 14.9 Å². The SMILES string of the molecule is COc1cc([N+](=O)[O-])c(C(=O)N(CCc2ccccc2)c2ccccc2)cc1SC. The van der Waals surface area contributed by atoms with E-state index < -0.39 is 10.8 Å². The molecule has 0 unspecified atom stereocenters. The fourth-order valence-electron chi connectivity index (χ4n) is 3.18. The molecule has 6 nitrogen and oxygen atoms in total. The van der Waals surface area contributed by atoms with Crippen molar-refractivity contribution >= 4 is 29.0 Å². The Morgan fingerprint density at radius 3 is 2.27 bits per heavy atom. The van der Waals surface area contributed by atoms with Crippen molar-refractivity contribution in [2.45, 2.75) is 11.3 Å². The van der Waals surface area contributed by atoms with Crippen LogP contribution >= 0.6 is 11.8 Å². The molecule has 0 bridgehead atoms. The van der Waals surface area contributed by atoms with E-state index >= 15 is 0 Å². The summed E-state index contributed by atoms with van der Waals surface area (Å²) in [6.45, 7) is 0.393. The van der Waals surface area contributed by atoms with Crippen molar-refractivity contribution in [2.24, 2.45) is 0 Å². The van der Waals surface area contributed by atoms with Crippen LogP contribution in [0.4, 0.5) is 11.4 Å². The van der Waals surface area contributed by atoms with Crippen LogP contribution in [-0.4, -0.2) is 30.7 Å². The van der Waals surface area contributed by atoms with Gasteiger partial charge in [-0.25, -0.2) is 0 Å². The molecule has 1 amide bonds. The predicted molar refractivity (Wildman–Crippen MR) is 120 cm³/mol. The molecule has 0 saturated heterocycles. The Bertz CT molecular complexity index is 1030. The first-order chi connectivity index (χ1) is 14.5. The van der Waals surface area contributed by atoms with Gasteiger partial charge in [0.1, 0.15) is 11.3 Å². The van der Waals surface area contributed by atoms with Gasteiger partial charge in [-0.1, -0.05) is 48.5 Å². The molecule has 0 spiro atoms. The summed E-state index contributed by atoms with van der Waals surface area (Å²) < 4.78 is 5.26. The third-order valence-corrected chi connectivity index (χ3v) is 5.47. The number of amides is 1. The van der Waals surface area contributed by atoms with Gasteiger partial charge in [0.2, 0.25) is 0 Å². The zero-order chi connectivity index (χ0) is 21.5. The van der Waals surface area contributed by atoms with Crippen LogP contribution in [0.2, 0.25) is 0 Å². The molecular weight excluding hydrogens is 400 g/mol. The summed E-state index contributed by atoms with van der Waals surface area (Å²) >= 11 is 1.37. The molecule has 30 heavy (non-hydrogen) atoms. The highest BCUT2D eigenvalue weighted by atomic mass is 32.2. The molecular formula is C23H22N2O4S. The number of anilines is 1. The zero-order valence-corrected chi connectivity index (χ0v) is 17.6. The number of rotatable bonds is 8. The standard InChI is InChI=1S/C23H22N2O4S/c1-29-21-16-20(25(27)28)19(15-22(21)30-2)23(26)24(18-11-7-4-8-12-18)14-13-17-9-5-3-6-10-17/h3-12,15-16H,13-14H2,1-2H3. The third-order valence-electron chi connectivity index (χ3n) is 4.71. The van der Waals surface area contributed by atoms with Crippen molar-refractivity contribution in [1.82, 2.24) is 0 Å². The summed E-state index contributed by atoms with van der Waals surface area (Å²) in [6, 6.07) is 21.9.